The van der Waals surface area contributed by atoms with E-state index in [-0.39, 0.29) is 30.6 Å². The maximum absolute atomic E-state index is 12.0. The summed E-state index contributed by atoms with van der Waals surface area (Å²) in [5.41, 5.74) is 1.37. The number of halogens is 2. The molecule has 0 aliphatic carbocycles. The fourth-order valence-electron chi connectivity index (χ4n) is 3.44. The van der Waals surface area contributed by atoms with Gasteiger partial charge in [-0.1, -0.05) is 0 Å². The Labute approximate surface area is 170 Å². The van der Waals surface area contributed by atoms with Crippen molar-refractivity contribution < 1.29 is 8.42 Å². The normalized spacial score (nSPS) is 18.1. The minimum Gasteiger partial charge on any atom is -0.353 e. The first-order valence-electron chi connectivity index (χ1n) is 8.29. The van der Waals surface area contributed by atoms with Gasteiger partial charge in [0.15, 0.2) is 0 Å². The second-order valence-electron chi connectivity index (χ2n) is 6.09. The molecule has 0 atom stereocenters. The number of thiophene rings is 1. The summed E-state index contributed by atoms with van der Waals surface area (Å²) in [6.07, 6.45) is 2.63. The molecular weight excluding hydrogens is 417 g/mol. The molecule has 2 aromatic heterocycles. The molecule has 0 aromatic carbocycles. The summed E-state index contributed by atoms with van der Waals surface area (Å²) in [5.74, 6) is 1.13. The van der Waals surface area contributed by atoms with Crippen LogP contribution in [0.15, 0.2) is 6.33 Å². The van der Waals surface area contributed by atoms with Crippen LogP contribution in [-0.2, 0) is 23.0 Å². The number of hydrogen-bond donors (Lipinski definition) is 1. The van der Waals surface area contributed by atoms with Crippen molar-refractivity contribution in [3.63, 3.8) is 0 Å². The van der Waals surface area contributed by atoms with Gasteiger partial charge in [-0.05, 0) is 25.5 Å². The van der Waals surface area contributed by atoms with Gasteiger partial charge in [-0.3, -0.25) is 0 Å². The smallest absolute Gasteiger partial charge is 0.213 e. The second kappa shape index (κ2) is 8.53. The lowest BCUT2D eigenvalue weighted by atomic mass is 10.1. The first-order valence-corrected chi connectivity index (χ1v) is 10.7. The summed E-state index contributed by atoms with van der Waals surface area (Å²) >= 11 is 1.74. The zero-order valence-electron chi connectivity index (χ0n) is 14.5. The molecular formula is C15H23Cl2N5O2S2. The number of anilines is 1. The zero-order chi connectivity index (χ0) is 16.7. The molecule has 0 amide bonds. The number of aromatic nitrogens is 2. The minimum absolute atomic E-state index is 0. The molecule has 1 N–H and O–H groups in total. The molecule has 1 saturated heterocycles. The number of fused-ring (bicyclic) bond motifs is 3. The fourth-order valence-corrected chi connectivity index (χ4v) is 5.68. The Hall–Kier alpha value is -0.710. The van der Waals surface area contributed by atoms with Gasteiger partial charge < -0.3 is 10.2 Å². The van der Waals surface area contributed by atoms with E-state index in [4.69, 9.17) is 0 Å². The topological polar surface area (TPSA) is 78.4 Å². The van der Waals surface area contributed by atoms with Crippen molar-refractivity contribution in [3.8, 4) is 0 Å². The molecule has 2 aliphatic rings. The van der Waals surface area contributed by atoms with Crippen molar-refractivity contribution in [2.45, 2.75) is 19.9 Å². The van der Waals surface area contributed by atoms with E-state index < -0.39 is 10.0 Å². The van der Waals surface area contributed by atoms with Crippen molar-refractivity contribution in [2.75, 3.05) is 43.4 Å². The van der Waals surface area contributed by atoms with E-state index in [1.54, 1.807) is 28.9 Å². The summed E-state index contributed by atoms with van der Waals surface area (Å²) in [6.45, 7) is 5.98. The highest BCUT2D eigenvalue weighted by Gasteiger charge is 2.28. The van der Waals surface area contributed by atoms with Gasteiger partial charge in [0, 0.05) is 37.6 Å². The Morgan fingerprint density at radius 3 is 2.62 bits per heavy atom. The average molecular weight is 440 g/mol. The lowest BCUT2D eigenvalue weighted by Gasteiger charge is -2.34. The van der Waals surface area contributed by atoms with Crippen LogP contribution in [0.5, 0.6) is 0 Å². The van der Waals surface area contributed by atoms with Crippen molar-refractivity contribution in [3.05, 3.63) is 16.8 Å². The van der Waals surface area contributed by atoms with E-state index in [1.807, 2.05) is 0 Å². The number of nitrogens with one attached hydrogen (secondary N) is 1. The highest BCUT2D eigenvalue weighted by atomic mass is 35.5. The molecule has 0 saturated carbocycles. The summed E-state index contributed by atoms with van der Waals surface area (Å²) in [7, 11) is -3.11. The maximum atomic E-state index is 12.0. The summed E-state index contributed by atoms with van der Waals surface area (Å²) < 4.78 is 25.7. The molecule has 4 heterocycles. The monoisotopic (exact) mass is 439 g/mol. The molecule has 0 spiro atoms. The van der Waals surface area contributed by atoms with Crippen LogP contribution in [0, 0.1) is 0 Å². The average Bonchev–Trinajstić information content (AvgIpc) is 3.00. The van der Waals surface area contributed by atoms with Crippen LogP contribution in [0.2, 0.25) is 0 Å². The third-order valence-electron chi connectivity index (χ3n) is 4.78. The third-order valence-corrected chi connectivity index (χ3v) is 7.81. The number of nitrogens with zero attached hydrogens (tertiary/aromatic N) is 4. The number of hydrogen-bond acceptors (Lipinski definition) is 7. The van der Waals surface area contributed by atoms with Gasteiger partial charge in [-0.2, -0.15) is 4.31 Å². The molecule has 2 aliphatic heterocycles. The van der Waals surface area contributed by atoms with Crippen molar-refractivity contribution in [2.24, 2.45) is 0 Å². The Bertz CT molecular complexity index is 866. The summed E-state index contributed by atoms with van der Waals surface area (Å²) in [6, 6.07) is 0. The van der Waals surface area contributed by atoms with E-state index in [0.29, 0.717) is 26.2 Å². The molecule has 26 heavy (non-hydrogen) atoms. The number of rotatable bonds is 3. The summed E-state index contributed by atoms with van der Waals surface area (Å²) in [4.78, 5) is 13.6. The Kier molecular flexibility index (Phi) is 7.09. The highest BCUT2D eigenvalue weighted by Crippen LogP contribution is 2.37. The van der Waals surface area contributed by atoms with E-state index in [1.165, 1.54) is 15.8 Å². The minimum atomic E-state index is -3.11. The number of piperazine rings is 1. The van der Waals surface area contributed by atoms with Gasteiger partial charge in [-0.15, -0.1) is 36.2 Å². The van der Waals surface area contributed by atoms with Gasteiger partial charge in [-0.25, -0.2) is 18.4 Å². The van der Waals surface area contributed by atoms with E-state index in [0.717, 1.165) is 30.2 Å². The number of sulfonamides is 1. The maximum Gasteiger partial charge on any atom is 0.213 e. The van der Waals surface area contributed by atoms with Crippen LogP contribution in [0.1, 0.15) is 17.4 Å². The molecule has 11 heteroatoms. The Morgan fingerprint density at radius 1 is 1.19 bits per heavy atom. The van der Waals surface area contributed by atoms with E-state index >= 15 is 0 Å². The van der Waals surface area contributed by atoms with Crippen LogP contribution in [-0.4, -0.2) is 61.2 Å². The van der Waals surface area contributed by atoms with Crippen LogP contribution >= 0.6 is 36.2 Å². The second-order valence-corrected chi connectivity index (χ2v) is 9.44. The molecule has 0 unspecified atom stereocenters. The predicted octanol–water partition coefficient (Wildman–Crippen LogP) is 1.65. The molecule has 0 radical (unpaired) electrons. The summed E-state index contributed by atoms with van der Waals surface area (Å²) in [5, 5.41) is 4.58. The van der Waals surface area contributed by atoms with Crippen molar-refractivity contribution in [1.82, 2.24) is 19.6 Å². The molecule has 1 fully saturated rings. The van der Waals surface area contributed by atoms with Gasteiger partial charge in [0.1, 0.15) is 17.0 Å². The Morgan fingerprint density at radius 2 is 1.92 bits per heavy atom. The third kappa shape index (κ3) is 3.79. The predicted molar refractivity (Wildman–Crippen MR) is 111 cm³/mol. The molecule has 0 bridgehead atoms. The van der Waals surface area contributed by atoms with Gasteiger partial charge >= 0.3 is 0 Å². The quantitative estimate of drug-likeness (QED) is 0.782. The molecule has 4 rings (SSSR count). The van der Waals surface area contributed by atoms with Crippen LogP contribution in [0.4, 0.5) is 5.82 Å². The largest absolute Gasteiger partial charge is 0.353 e. The zero-order valence-corrected chi connectivity index (χ0v) is 17.7. The molecule has 2 aromatic rings. The van der Waals surface area contributed by atoms with Crippen molar-refractivity contribution >= 4 is 62.2 Å². The molecule has 146 valence electrons. The first kappa shape index (κ1) is 21.6. The Balaban J connectivity index is 0.00000121. The van der Waals surface area contributed by atoms with Gasteiger partial charge in [0.25, 0.3) is 0 Å². The SMILES string of the molecule is CCS(=O)(=O)N1CCN(c2ncnc3sc4c(c23)CCNC4)CC1.Cl.Cl. The lowest BCUT2D eigenvalue weighted by Crippen LogP contribution is -2.49. The lowest BCUT2D eigenvalue weighted by molar-refractivity contribution is 0.385. The molecule has 7 nitrogen and oxygen atoms in total. The van der Waals surface area contributed by atoms with Crippen LogP contribution < -0.4 is 10.2 Å². The fraction of sp³-hybridized carbons (Fsp3) is 0.600. The highest BCUT2D eigenvalue weighted by molar-refractivity contribution is 7.89. The standard InChI is InChI=1S/C15H21N5O2S2.2ClH/c1-2-24(21,22)20-7-5-19(6-8-20)14-13-11-3-4-16-9-12(11)23-15(13)18-10-17-14;;/h10,16H,2-9H2,1H3;2*1H. The van der Waals surface area contributed by atoms with E-state index in [9.17, 15) is 8.42 Å². The first-order chi connectivity index (χ1) is 11.6. The van der Waals surface area contributed by atoms with Crippen LogP contribution in [0.25, 0.3) is 10.2 Å². The van der Waals surface area contributed by atoms with Crippen LogP contribution in [0.3, 0.4) is 0 Å². The van der Waals surface area contributed by atoms with Gasteiger partial charge in [0.2, 0.25) is 10.0 Å². The van der Waals surface area contributed by atoms with E-state index in [2.05, 4.69) is 20.2 Å². The van der Waals surface area contributed by atoms with Gasteiger partial charge in [0.05, 0.1) is 11.1 Å². The van der Waals surface area contributed by atoms with Crippen molar-refractivity contribution in [1.29, 1.82) is 0 Å².